The molecule has 2 N–H and O–H groups in total. The molecule has 1 aliphatic rings. The van der Waals surface area contributed by atoms with Gasteiger partial charge >= 0.3 is 0 Å². The summed E-state index contributed by atoms with van der Waals surface area (Å²) < 4.78 is 0. The molecule has 1 amide bonds. The molecule has 0 saturated carbocycles. The molecule has 1 aliphatic heterocycles. The summed E-state index contributed by atoms with van der Waals surface area (Å²) >= 11 is 0. The van der Waals surface area contributed by atoms with Crippen LogP contribution in [0.5, 0.6) is 0 Å². The van der Waals surface area contributed by atoms with Crippen molar-refractivity contribution in [3.05, 3.63) is 12.3 Å². The molecule has 1 heterocycles. The van der Waals surface area contributed by atoms with Gasteiger partial charge in [-0.2, -0.15) is 0 Å². The van der Waals surface area contributed by atoms with Crippen molar-refractivity contribution in [1.82, 2.24) is 10.6 Å². The van der Waals surface area contributed by atoms with E-state index in [1.54, 1.807) is 6.92 Å². The first kappa shape index (κ1) is 13.7. The third-order valence-corrected chi connectivity index (χ3v) is 3.06. The SMILES string of the molecule is CC/C=C/NC(CC1CCCNC1=O)C(C)=O. The van der Waals surface area contributed by atoms with E-state index < -0.39 is 0 Å². The lowest BCUT2D eigenvalue weighted by atomic mass is 9.90. The normalized spacial score (nSPS) is 22.2. The zero-order valence-corrected chi connectivity index (χ0v) is 10.7. The summed E-state index contributed by atoms with van der Waals surface area (Å²) in [4.78, 5) is 23.1. The Kier molecular flexibility index (Phi) is 5.73. The molecular weight excluding hydrogens is 216 g/mol. The van der Waals surface area contributed by atoms with Crippen molar-refractivity contribution in [2.45, 2.75) is 45.6 Å². The fraction of sp³-hybridized carbons (Fsp3) is 0.692. The minimum Gasteiger partial charge on any atom is -0.381 e. The van der Waals surface area contributed by atoms with Crippen LogP contribution in [0.3, 0.4) is 0 Å². The zero-order chi connectivity index (χ0) is 12.7. The molecule has 1 rings (SSSR count). The smallest absolute Gasteiger partial charge is 0.223 e. The Morgan fingerprint density at radius 1 is 1.65 bits per heavy atom. The molecule has 17 heavy (non-hydrogen) atoms. The number of piperidine rings is 1. The predicted molar refractivity (Wildman–Crippen MR) is 67.4 cm³/mol. The second-order valence-corrected chi connectivity index (χ2v) is 4.51. The van der Waals surface area contributed by atoms with E-state index in [-0.39, 0.29) is 23.7 Å². The highest BCUT2D eigenvalue weighted by Crippen LogP contribution is 2.17. The van der Waals surface area contributed by atoms with Gasteiger partial charge < -0.3 is 10.6 Å². The number of carbonyl (C=O) groups is 2. The van der Waals surface area contributed by atoms with Crippen molar-refractivity contribution >= 4 is 11.7 Å². The number of ketones is 1. The molecule has 4 heteroatoms. The summed E-state index contributed by atoms with van der Waals surface area (Å²) in [7, 11) is 0. The number of allylic oxidation sites excluding steroid dienone is 1. The lowest BCUT2D eigenvalue weighted by Gasteiger charge is -2.25. The molecule has 2 unspecified atom stereocenters. The summed E-state index contributed by atoms with van der Waals surface area (Å²) in [6.07, 6.45) is 7.20. The van der Waals surface area contributed by atoms with Gasteiger partial charge in [0.1, 0.15) is 0 Å². The number of hydrogen-bond donors (Lipinski definition) is 2. The van der Waals surface area contributed by atoms with Crippen LogP contribution in [-0.4, -0.2) is 24.3 Å². The third-order valence-electron chi connectivity index (χ3n) is 3.06. The van der Waals surface area contributed by atoms with E-state index in [0.717, 1.165) is 25.8 Å². The minimum atomic E-state index is -0.244. The van der Waals surface area contributed by atoms with Crippen LogP contribution in [0.2, 0.25) is 0 Å². The van der Waals surface area contributed by atoms with Gasteiger partial charge in [0, 0.05) is 12.5 Å². The van der Waals surface area contributed by atoms with Crippen LogP contribution in [0.1, 0.15) is 39.5 Å². The fourth-order valence-electron chi connectivity index (χ4n) is 2.00. The molecule has 0 aromatic heterocycles. The highest BCUT2D eigenvalue weighted by Gasteiger charge is 2.26. The first-order valence-corrected chi connectivity index (χ1v) is 6.34. The molecule has 0 radical (unpaired) electrons. The van der Waals surface area contributed by atoms with Crippen LogP contribution in [0.15, 0.2) is 12.3 Å². The molecule has 0 aromatic carbocycles. The first-order valence-electron chi connectivity index (χ1n) is 6.34. The second kappa shape index (κ2) is 7.09. The highest BCUT2D eigenvalue weighted by molar-refractivity contribution is 5.84. The quantitative estimate of drug-likeness (QED) is 0.735. The molecule has 0 aliphatic carbocycles. The van der Waals surface area contributed by atoms with Gasteiger partial charge in [0.05, 0.1) is 6.04 Å². The van der Waals surface area contributed by atoms with E-state index in [9.17, 15) is 9.59 Å². The van der Waals surface area contributed by atoms with Gasteiger partial charge in [0.2, 0.25) is 5.91 Å². The second-order valence-electron chi connectivity index (χ2n) is 4.51. The van der Waals surface area contributed by atoms with Crippen molar-refractivity contribution in [2.75, 3.05) is 6.54 Å². The van der Waals surface area contributed by atoms with Gasteiger partial charge in [0.25, 0.3) is 0 Å². The standard InChI is InChI=1S/C13H22N2O2/c1-3-4-7-14-12(10(2)16)9-11-6-5-8-15-13(11)17/h4,7,11-12,14H,3,5-6,8-9H2,1-2H3,(H,15,17)/b7-4+. The minimum absolute atomic E-state index is 0.0276. The highest BCUT2D eigenvalue weighted by atomic mass is 16.2. The summed E-state index contributed by atoms with van der Waals surface area (Å²) in [5.74, 6) is 0.146. The van der Waals surface area contributed by atoms with Crippen molar-refractivity contribution in [3.63, 3.8) is 0 Å². The molecular formula is C13H22N2O2. The van der Waals surface area contributed by atoms with Gasteiger partial charge in [-0.3, -0.25) is 9.59 Å². The van der Waals surface area contributed by atoms with E-state index in [1.807, 2.05) is 19.2 Å². The van der Waals surface area contributed by atoms with E-state index in [2.05, 4.69) is 10.6 Å². The Hall–Kier alpha value is -1.32. The average Bonchev–Trinajstić information content (AvgIpc) is 2.30. The number of Topliss-reactive ketones (excluding diaryl/α,β-unsaturated/α-hetero) is 1. The van der Waals surface area contributed by atoms with Crippen molar-refractivity contribution in [1.29, 1.82) is 0 Å². The fourth-order valence-corrected chi connectivity index (χ4v) is 2.00. The van der Waals surface area contributed by atoms with Crippen molar-refractivity contribution < 1.29 is 9.59 Å². The van der Waals surface area contributed by atoms with Gasteiger partial charge in [-0.15, -0.1) is 0 Å². The van der Waals surface area contributed by atoms with Gasteiger partial charge in [0.15, 0.2) is 5.78 Å². The number of carbonyl (C=O) groups excluding carboxylic acids is 2. The van der Waals surface area contributed by atoms with E-state index in [4.69, 9.17) is 0 Å². The lowest BCUT2D eigenvalue weighted by Crippen LogP contribution is -2.42. The van der Waals surface area contributed by atoms with Gasteiger partial charge in [-0.1, -0.05) is 13.0 Å². The Labute approximate surface area is 103 Å². The Morgan fingerprint density at radius 2 is 2.41 bits per heavy atom. The topological polar surface area (TPSA) is 58.2 Å². The zero-order valence-electron chi connectivity index (χ0n) is 10.7. The largest absolute Gasteiger partial charge is 0.381 e. The summed E-state index contributed by atoms with van der Waals surface area (Å²) in [6, 6.07) is -0.244. The van der Waals surface area contributed by atoms with Gasteiger partial charge in [-0.05, 0) is 38.8 Å². The van der Waals surface area contributed by atoms with Crippen LogP contribution in [0.4, 0.5) is 0 Å². The number of nitrogens with one attached hydrogen (secondary N) is 2. The van der Waals surface area contributed by atoms with E-state index >= 15 is 0 Å². The maximum absolute atomic E-state index is 11.6. The number of rotatable bonds is 6. The maximum atomic E-state index is 11.6. The van der Waals surface area contributed by atoms with Crippen molar-refractivity contribution in [2.24, 2.45) is 5.92 Å². The van der Waals surface area contributed by atoms with Crippen LogP contribution in [-0.2, 0) is 9.59 Å². The van der Waals surface area contributed by atoms with Crippen LogP contribution >= 0.6 is 0 Å². The Balaban J connectivity index is 2.50. The molecule has 96 valence electrons. The predicted octanol–water partition coefficient (Wildman–Crippen LogP) is 1.37. The van der Waals surface area contributed by atoms with Gasteiger partial charge in [-0.25, -0.2) is 0 Å². The van der Waals surface area contributed by atoms with Crippen LogP contribution < -0.4 is 10.6 Å². The summed E-state index contributed by atoms with van der Waals surface area (Å²) in [5.41, 5.74) is 0. The van der Waals surface area contributed by atoms with E-state index in [0.29, 0.717) is 6.42 Å². The summed E-state index contributed by atoms with van der Waals surface area (Å²) in [5, 5.41) is 5.93. The first-order chi connectivity index (χ1) is 8.15. The monoisotopic (exact) mass is 238 g/mol. The van der Waals surface area contributed by atoms with Crippen LogP contribution in [0, 0.1) is 5.92 Å². The molecule has 0 bridgehead atoms. The summed E-state index contributed by atoms with van der Waals surface area (Å²) in [6.45, 7) is 4.37. The molecule has 0 aromatic rings. The molecule has 0 spiro atoms. The molecule has 1 saturated heterocycles. The Morgan fingerprint density at radius 3 is 3.00 bits per heavy atom. The van der Waals surface area contributed by atoms with Crippen LogP contribution in [0.25, 0.3) is 0 Å². The average molecular weight is 238 g/mol. The van der Waals surface area contributed by atoms with Crippen molar-refractivity contribution in [3.8, 4) is 0 Å². The lowest BCUT2D eigenvalue weighted by molar-refractivity contribution is -0.127. The molecule has 2 atom stereocenters. The van der Waals surface area contributed by atoms with E-state index in [1.165, 1.54) is 0 Å². The molecule has 4 nitrogen and oxygen atoms in total. The third kappa shape index (κ3) is 4.59. The molecule has 1 fully saturated rings. The number of amides is 1. The maximum Gasteiger partial charge on any atom is 0.223 e. The number of hydrogen-bond acceptors (Lipinski definition) is 3. The Bertz CT molecular complexity index is 300.